The SMILES string of the molecule is Cc1c(C(=O)c2cc(F)cc(F)c2)oc2ccc(Cl)cc12. The van der Waals surface area contributed by atoms with Crippen LogP contribution in [0, 0.1) is 18.6 Å². The van der Waals surface area contributed by atoms with Gasteiger partial charge in [-0.3, -0.25) is 4.79 Å². The first-order valence-electron chi connectivity index (χ1n) is 6.15. The molecule has 0 fully saturated rings. The van der Waals surface area contributed by atoms with Gasteiger partial charge in [0.2, 0.25) is 5.78 Å². The van der Waals surface area contributed by atoms with Gasteiger partial charge in [-0.05, 0) is 37.3 Å². The number of ketones is 1. The Kier molecular flexibility index (Phi) is 3.26. The Balaban J connectivity index is 2.15. The monoisotopic (exact) mass is 306 g/mol. The summed E-state index contributed by atoms with van der Waals surface area (Å²) in [7, 11) is 0. The Hall–Kier alpha value is -2.20. The van der Waals surface area contributed by atoms with E-state index >= 15 is 0 Å². The number of hydrogen-bond acceptors (Lipinski definition) is 2. The van der Waals surface area contributed by atoms with Crippen molar-refractivity contribution in [3.8, 4) is 0 Å². The van der Waals surface area contributed by atoms with Crippen LogP contribution in [0.15, 0.2) is 40.8 Å². The maximum atomic E-state index is 13.2. The van der Waals surface area contributed by atoms with Crippen LogP contribution in [0.25, 0.3) is 11.0 Å². The van der Waals surface area contributed by atoms with E-state index in [0.717, 1.165) is 12.1 Å². The van der Waals surface area contributed by atoms with Gasteiger partial charge in [-0.1, -0.05) is 11.6 Å². The maximum absolute atomic E-state index is 13.2. The lowest BCUT2D eigenvalue weighted by atomic mass is 10.0. The third-order valence-electron chi connectivity index (χ3n) is 3.23. The zero-order valence-corrected chi connectivity index (χ0v) is 11.7. The molecule has 106 valence electrons. The summed E-state index contributed by atoms with van der Waals surface area (Å²) in [5.41, 5.74) is 0.986. The summed E-state index contributed by atoms with van der Waals surface area (Å²) < 4.78 is 31.9. The average Bonchev–Trinajstić information content (AvgIpc) is 2.74. The quantitative estimate of drug-likeness (QED) is 0.630. The minimum atomic E-state index is -0.810. The normalized spacial score (nSPS) is 11.0. The van der Waals surface area contributed by atoms with Gasteiger partial charge in [0.25, 0.3) is 0 Å². The van der Waals surface area contributed by atoms with E-state index in [1.54, 1.807) is 25.1 Å². The average molecular weight is 307 g/mol. The largest absolute Gasteiger partial charge is 0.452 e. The highest BCUT2D eigenvalue weighted by Gasteiger charge is 2.20. The topological polar surface area (TPSA) is 30.2 Å². The summed E-state index contributed by atoms with van der Waals surface area (Å²) in [5.74, 6) is -2.14. The van der Waals surface area contributed by atoms with E-state index < -0.39 is 17.4 Å². The summed E-state index contributed by atoms with van der Waals surface area (Å²) in [4.78, 5) is 12.4. The van der Waals surface area contributed by atoms with Crippen molar-refractivity contribution in [3.05, 3.63) is 69.9 Å². The highest BCUT2D eigenvalue weighted by Crippen LogP contribution is 2.29. The minimum absolute atomic E-state index is 0.0530. The zero-order chi connectivity index (χ0) is 15.1. The van der Waals surface area contributed by atoms with E-state index in [1.165, 1.54) is 0 Å². The van der Waals surface area contributed by atoms with Gasteiger partial charge in [0.1, 0.15) is 17.2 Å². The van der Waals surface area contributed by atoms with Crippen LogP contribution in [0.3, 0.4) is 0 Å². The van der Waals surface area contributed by atoms with Crippen molar-refractivity contribution in [2.75, 3.05) is 0 Å². The molecule has 3 aromatic rings. The lowest BCUT2D eigenvalue weighted by Gasteiger charge is -2.00. The molecule has 5 heteroatoms. The molecule has 1 aromatic heterocycles. The number of halogens is 3. The van der Waals surface area contributed by atoms with E-state index in [0.29, 0.717) is 27.6 Å². The molecule has 0 radical (unpaired) electrons. The predicted octanol–water partition coefficient (Wildman–Crippen LogP) is 4.90. The standard InChI is InChI=1S/C16H9ClF2O2/c1-8-13-6-10(17)2-3-14(13)21-16(8)15(20)9-4-11(18)7-12(19)5-9/h2-7H,1H3. The van der Waals surface area contributed by atoms with Crippen LogP contribution < -0.4 is 0 Å². The second-order valence-corrected chi connectivity index (χ2v) is 5.12. The van der Waals surface area contributed by atoms with Gasteiger partial charge >= 0.3 is 0 Å². The molecule has 0 aliphatic heterocycles. The fraction of sp³-hybridized carbons (Fsp3) is 0.0625. The molecular formula is C16H9ClF2O2. The molecular weight excluding hydrogens is 298 g/mol. The van der Waals surface area contributed by atoms with Crippen molar-refractivity contribution in [2.45, 2.75) is 6.92 Å². The van der Waals surface area contributed by atoms with Crippen molar-refractivity contribution in [3.63, 3.8) is 0 Å². The first-order chi connectivity index (χ1) is 9.95. The van der Waals surface area contributed by atoms with Crippen LogP contribution in [0.5, 0.6) is 0 Å². The number of carbonyl (C=O) groups excluding carboxylic acids is 1. The predicted molar refractivity (Wildman–Crippen MR) is 75.8 cm³/mol. The van der Waals surface area contributed by atoms with E-state index in [2.05, 4.69) is 0 Å². The van der Waals surface area contributed by atoms with Gasteiger partial charge < -0.3 is 4.42 Å². The second kappa shape index (κ2) is 4.97. The van der Waals surface area contributed by atoms with Gasteiger partial charge in [0.05, 0.1) is 0 Å². The van der Waals surface area contributed by atoms with E-state index in [1.807, 2.05) is 0 Å². The van der Waals surface area contributed by atoms with E-state index in [-0.39, 0.29) is 11.3 Å². The summed E-state index contributed by atoms with van der Waals surface area (Å²) in [6.45, 7) is 1.70. The molecule has 0 aliphatic carbocycles. The molecule has 2 nitrogen and oxygen atoms in total. The number of aryl methyl sites for hydroxylation is 1. The van der Waals surface area contributed by atoms with Crippen molar-refractivity contribution in [1.82, 2.24) is 0 Å². The van der Waals surface area contributed by atoms with Gasteiger partial charge in [0.15, 0.2) is 5.76 Å². The first kappa shape index (κ1) is 13.8. The summed E-state index contributed by atoms with van der Waals surface area (Å²) >= 11 is 5.91. The lowest BCUT2D eigenvalue weighted by Crippen LogP contribution is -2.03. The Morgan fingerprint density at radius 1 is 1.10 bits per heavy atom. The van der Waals surface area contributed by atoms with Crippen LogP contribution in [-0.4, -0.2) is 5.78 Å². The number of furan rings is 1. The molecule has 21 heavy (non-hydrogen) atoms. The summed E-state index contributed by atoms with van der Waals surface area (Å²) in [5, 5.41) is 1.21. The molecule has 0 saturated carbocycles. The van der Waals surface area contributed by atoms with Crippen LogP contribution in [0.2, 0.25) is 5.02 Å². The molecule has 0 amide bonds. The molecule has 0 spiro atoms. The third-order valence-corrected chi connectivity index (χ3v) is 3.46. The number of fused-ring (bicyclic) bond motifs is 1. The highest BCUT2D eigenvalue weighted by atomic mass is 35.5. The lowest BCUT2D eigenvalue weighted by molar-refractivity contribution is 0.101. The van der Waals surface area contributed by atoms with Crippen molar-refractivity contribution in [1.29, 1.82) is 0 Å². The van der Waals surface area contributed by atoms with E-state index in [9.17, 15) is 13.6 Å². The first-order valence-corrected chi connectivity index (χ1v) is 6.53. The number of benzene rings is 2. The Labute approximate surface area is 123 Å². The molecule has 3 rings (SSSR count). The number of rotatable bonds is 2. The fourth-order valence-electron chi connectivity index (χ4n) is 2.23. The van der Waals surface area contributed by atoms with Crippen molar-refractivity contribution < 1.29 is 18.0 Å². The molecule has 0 saturated heterocycles. The number of hydrogen-bond donors (Lipinski definition) is 0. The van der Waals surface area contributed by atoms with Crippen molar-refractivity contribution in [2.24, 2.45) is 0 Å². The Morgan fingerprint density at radius 2 is 1.76 bits per heavy atom. The molecule has 0 unspecified atom stereocenters. The second-order valence-electron chi connectivity index (χ2n) is 4.68. The van der Waals surface area contributed by atoms with Crippen molar-refractivity contribution >= 4 is 28.4 Å². The molecule has 0 bridgehead atoms. The van der Waals surface area contributed by atoms with Crippen LogP contribution in [0.1, 0.15) is 21.7 Å². The molecule has 0 atom stereocenters. The van der Waals surface area contributed by atoms with Gasteiger partial charge in [-0.15, -0.1) is 0 Å². The Bertz CT molecular complexity index is 848. The highest BCUT2D eigenvalue weighted by molar-refractivity contribution is 6.31. The molecule has 0 N–H and O–H groups in total. The fourth-order valence-corrected chi connectivity index (χ4v) is 2.40. The van der Waals surface area contributed by atoms with Gasteiger partial charge in [-0.25, -0.2) is 8.78 Å². The molecule has 1 heterocycles. The van der Waals surface area contributed by atoms with Gasteiger partial charge in [-0.2, -0.15) is 0 Å². The minimum Gasteiger partial charge on any atom is -0.452 e. The molecule has 0 aliphatic rings. The summed E-state index contributed by atoms with van der Waals surface area (Å²) in [6, 6.07) is 7.63. The van der Waals surface area contributed by atoms with Crippen LogP contribution in [-0.2, 0) is 0 Å². The smallest absolute Gasteiger partial charge is 0.228 e. The summed E-state index contributed by atoms with van der Waals surface area (Å²) in [6.07, 6.45) is 0. The maximum Gasteiger partial charge on any atom is 0.228 e. The third kappa shape index (κ3) is 2.43. The van der Waals surface area contributed by atoms with Crippen LogP contribution >= 0.6 is 11.6 Å². The van der Waals surface area contributed by atoms with Crippen LogP contribution in [0.4, 0.5) is 8.78 Å². The van der Waals surface area contributed by atoms with Gasteiger partial charge in [0, 0.05) is 27.6 Å². The number of carbonyl (C=O) groups is 1. The Morgan fingerprint density at radius 3 is 2.43 bits per heavy atom. The molecule has 2 aromatic carbocycles. The van der Waals surface area contributed by atoms with E-state index in [4.69, 9.17) is 16.0 Å². The zero-order valence-electron chi connectivity index (χ0n) is 10.9.